The molecule has 0 bridgehead atoms. The number of nitrogens with one attached hydrogen (secondary N) is 1. The molecule has 0 aromatic carbocycles. The first-order valence-electron chi connectivity index (χ1n) is 4.20. The Morgan fingerprint density at radius 1 is 1.58 bits per heavy atom. The zero-order valence-electron chi connectivity index (χ0n) is 6.98. The largest absolute Gasteiger partial charge is 0.394 e. The van der Waals surface area contributed by atoms with E-state index >= 15 is 0 Å². The molecule has 4 heteroatoms. The molecule has 0 radical (unpaired) electrons. The fraction of sp³-hybridized carbons (Fsp3) is 0.875. The van der Waals surface area contributed by atoms with Crippen LogP contribution in [-0.2, 0) is 4.79 Å². The summed E-state index contributed by atoms with van der Waals surface area (Å²) in [5, 5.41) is 11.7. The van der Waals surface area contributed by atoms with Gasteiger partial charge in [0, 0.05) is 12.3 Å². The summed E-state index contributed by atoms with van der Waals surface area (Å²) in [6, 6.07) is 0. The molecule has 1 amide bonds. The van der Waals surface area contributed by atoms with Crippen molar-refractivity contribution in [1.82, 2.24) is 5.32 Å². The van der Waals surface area contributed by atoms with Crippen molar-refractivity contribution in [1.29, 1.82) is 0 Å². The summed E-state index contributed by atoms with van der Waals surface area (Å²) in [6.45, 7) is 0.0552. The van der Waals surface area contributed by atoms with Gasteiger partial charge in [0.2, 0.25) is 5.91 Å². The van der Waals surface area contributed by atoms with Gasteiger partial charge in [-0.25, -0.2) is 0 Å². The molecule has 0 aromatic rings. The first-order chi connectivity index (χ1) is 5.72. The van der Waals surface area contributed by atoms with E-state index in [9.17, 15) is 4.79 Å². The summed E-state index contributed by atoms with van der Waals surface area (Å²) < 4.78 is 0. The molecular formula is C8H14ClNO2. The standard InChI is InChI=1S/C8H14ClNO2/c9-5-1-2-7(12)10-8(6-11)3-4-8/h11H,1-6H2,(H,10,12). The quantitative estimate of drug-likeness (QED) is 0.627. The summed E-state index contributed by atoms with van der Waals surface area (Å²) in [7, 11) is 0. The van der Waals surface area contributed by atoms with Crippen LogP contribution in [0.1, 0.15) is 25.7 Å². The molecule has 3 nitrogen and oxygen atoms in total. The van der Waals surface area contributed by atoms with Gasteiger partial charge in [0.1, 0.15) is 0 Å². The number of alkyl halides is 1. The Bertz CT molecular complexity index is 168. The highest BCUT2D eigenvalue weighted by molar-refractivity contribution is 6.17. The Labute approximate surface area is 77.1 Å². The molecule has 1 saturated carbocycles. The second-order valence-electron chi connectivity index (χ2n) is 3.28. The highest BCUT2D eigenvalue weighted by Gasteiger charge is 2.43. The molecule has 1 aliphatic carbocycles. The van der Waals surface area contributed by atoms with E-state index in [2.05, 4.69) is 5.32 Å². The molecule has 0 unspecified atom stereocenters. The average molecular weight is 192 g/mol. The van der Waals surface area contributed by atoms with Gasteiger partial charge in [-0.2, -0.15) is 0 Å². The lowest BCUT2D eigenvalue weighted by Crippen LogP contribution is -2.39. The SMILES string of the molecule is O=C(CCCCl)NC1(CO)CC1. The number of carbonyl (C=O) groups excluding carboxylic acids is 1. The molecule has 0 spiro atoms. The van der Waals surface area contributed by atoms with E-state index in [1.54, 1.807) is 0 Å². The predicted octanol–water partition coefficient (Wildman–Crippen LogP) is 0.646. The minimum Gasteiger partial charge on any atom is -0.394 e. The molecular weight excluding hydrogens is 178 g/mol. The first kappa shape index (κ1) is 9.81. The number of aliphatic hydroxyl groups is 1. The van der Waals surface area contributed by atoms with Gasteiger partial charge in [-0.3, -0.25) is 4.79 Å². The molecule has 0 aromatic heterocycles. The molecule has 0 saturated heterocycles. The van der Waals surface area contributed by atoms with Crippen molar-refractivity contribution < 1.29 is 9.90 Å². The number of hydrogen-bond donors (Lipinski definition) is 2. The third-order valence-corrected chi connectivity index (χ3v) is 2.37. The number of amides is 1. The minimum atomic E-state index is -0.274. The van der Waals surface area contributed by atoms with Gasteiger partial charge in [-0.05, 0) is 19.3 Å². The van der Waals surface area contributed by atoms with Crippen molar-refractivity contribution in [3.63, 3.8) is 0 Å². The van der Waals surface area contributed by atoms with Crippen LogP contribution in [0.15, 0.2) is 0 Å². The Hall–Kier alpha value is -0.280. The highest BCUT2D eigenvalue weighted by atomic mass is 35.5. The molecule has 1 rings (SSSR count). The van der Waals surface area contributed by atoms with Crippen LogP contribution in [0.5, 0.6) is 0 Å². The van der Waals surface area contributed by atoms with Crippen molar-refractivity contribution >= 4 is 17.5 Å². The van der Waals surface area contributed by atoms with E-state index in [4.69, 9.17) is 16.7 Å². The maximum Gasteiger partial charge on any atom is 0.220 e. The lowest BCUT2D eigenvalue weighted by Gasteiger charge is -2.13. The summed E-state index contributed by atoms with van der Waals surface area (Å²) >= 11 is 5.44. The van der Waals surface area contributed by atoms with Gasteiger partial charge in [-0.15, -0.1) is 11.6 Å². The van der Waals surface area contributed by atoms with Crippen LogP contribution in [0.25, 0.3) is 0 Å². The molecule has 12 heavy (non-hydrogen) atoms. The fourth-order valence-corrected chi connectivity index (χ4v) is 1.19. The maximum absolute atomic E-state index is 11.1. The van der Waals surface area contributed by atoms with Crippen LogP contribution < -0.4 is 5.32 Å². The Kier molecular flexibility index (Phi) is 3.35. The van der Waals surface area contributed by atoms with Gasteiger partial charge in [0.15, 0.2) is 0 Å². The highest BCUT2D eigenvalue weighted by Crippen LogP contribution is 2.34. The third kappa shape index (κ3) is 2.64. The molecule has 0 atom stereocenters. The summed E-state index contributed by atoms with van der Waals surface area (Å²) in [5.74, 6) is 0.515. The number of carbonyl (C=O) groups is 1. The average Bonchev–Trinajstić information content (AvgIpc) is 2.82. The Morgan fingerprint density at radius 3 is 2.67 bits per heavy atom. The van der Waals surface area contributed by atoms with Crippen LogP contribution in [0.2, 0.25) is 0 Å². The number of halogens is 1. The van der Waals surface area contributed by atoms with Crippen molar-refractivity contribution in [2.45, 2.75) is 31.2 Å². The van der Waals surface area contributed by atoms with E-state index in [-0.39, 0.29) is 18.1 Å². The monoisotopic (exact) mass is 191 g/mol. The zero-order valence-corrected chi connectivity index (χ0v) is 7.73. The molecule has 1 aliphatic rings. The summed E-state index contributed by atoms with van der Waals surface area (Å²) in [6.07, 6.45) is 2.96. The van der Waals surface area contributed by atoms with Crippen LogP contribution in [0, 0.1) is 0 Å². The van der Waals surface area contributed by atoms with Gasteiger partial charge in [-0.1, -0.05) is 0 Å². The van der Waals surface area contributed by atoms with Crippen LogP contribution in [0.4, 0.5) is 0 Å². The zero-order chi connectivity index (χ0) is 9.03. The Balaban J connectivity index is 2.17. The van der Waals surface area contributed by atoms with Crippen LogP contribution in [-0.4, -0.2) is 29.0 Å². The van der Waals surface area contributed by atoms with Crippen molar-refractivity contribution in [2.24, 2.45) is 0 Å². The predicted molar refractivity (Wildman–Crippen MR) is 47.1 cm³/mol. The van der Waals surface area contributed by atoms with Gasteiger partial charge in [0.25, 0.3) is 0 Å². The number of aliphatic hydroxyl groups excluding tert-OH is 1. The van der Waals surface area contributed by atoms with E-state index in [1.165, 1.54) is 0 Å². The van der Waals surface area contributed by atoms with Crippen LogP contribution >= 0.6 is 11.6 Å². The van der Waals surface area contributed by atoms with Crippen molar-refractivity contribution in [3.05, 3.63) is 0 Å². The van der Waals surface area contributed by atoms with Gasteiger partial charge in [0.05, 0.1) is 12.1 Å². The normalized spacial score (nSPS) is 18.8. The summed E-state index contributed by atoms with van der Waals surface area (Å²) in [4.78, 5) is 11.1. The van der Waals surface area contributed by atoms with Crippen molar-refractivity contribution in [2.75, 3.05) is 12.5 Å². The molecule has 0 aliphatic heterocycles. The first-order valence-corrected chi connectivity index (χ1v) is 4.74. The minimum absolute atomic E-state index is 0.00204. The van der Waals surface area contributed by atoms with E-state index in [1.807, 2.05) is 0 Å². The lowest BCUT2D eigenvalue weighted by molar-refractivity contribution is -0.122. The topological polar surface area (TPSA) is 49.3 Å². The molecule has 70 valence electrons. The van der Waals surface area contributed by atoms with Gasteiger partial charge >= 0.3 is 0 Å². The molecule has 1 fully saturated rings. The molecule has 0 heterocycles. The fourth-order valence-electron chi connectivity index (χ4n) is 1.06. The molecule has 2 N–H and O–H groups in total. The van der Waals surface area contributed by atoms with E-state index in [0.717, 1.165) is 12.8 Å². The van der Waals surface area contributed by atoms with E-state index in [0.29, 0.717) is 18.7 Å². The lowest BCUT2D eigenvalue weighted by atomic mass is 10.2. The number of rotatable bonds is 5. The van der Waals surface area contributed by atoms with Crippen molar-refractivity contribution in [3.8, 4) is 0 Å². The maximum atomic E-state index is 11.1. The summed E-state index contributed by atoms with van der Waals surface area (Å²) in [5.41, 5.74) is -0.274. The second kappa shape index (κ2) is 4.10. The smallest absolute Gasteiger partial charge is 0.220 e. The van der Waals surface area contributed by atoms with E-state index < -0.39 is 0 Å². The third-order valence-electron chi connectivity index (χ3n) is 2.10. The van der Waals surface area contributed by atoms with Gasteiger partial charge < -0.3 is 10.4 Å². The number of hydrogen-bond acceptors (Lipinski definition) is 2. The second-order valence-corrected chi connectivity index (χ2v) is 3.66. The Morgan fingerprint density at radius 2 is 2.25 bits per heavy atom. The van der Waals surface area contributed by atoms with Crippen LogP contribution in [0.3, 0.4) is 0 Å².